The summed E-state index contributed by atoms with van der Waals surface area (Å²) >= 11 is 0. The van der Waals surface area contributed by atoms with Crippen molar-refractivity contribution in [2.24, 2.45) is 0 Å². The predicted molar refractivity (Wildman–Crippen MR) is 306 cm³/mol. The smallest absolute Gasteiger partial charge is 0.0509 e. The van der Waals surface area contributed by atoms with Crippen molar-refractivity contribution in [3.63, 3.8) is 0 Å². The minimum absolute atomic E-state index is 1.11. The Kier molecular flexibility index (Phi) is 9.62. The van der Waals surface area contributed by atoms with E-state index in [0.29, 0.717) is 0 Å². The number of fused-ring (bicyclic) bond motifs is 6. The molecule has 2 heterocycles. The molecule has 2 aliphatic rings. The highest BCUT2D eigenvalue weighted by atomic mass is 15.2. The van der Waals surface area contributed by atoms with E-state index in [0.717, 1.165) is 34.1 Å². The van der Waals surface area contributed by atoms with E-state index in [1.165, 1.54) is 99.6 Å². The molecular formula is C68H48N4. The summed E-state index contributed by atoms with van der Waals surface area (Å²) in [5, 5.41) is 7.59. The molecule has 4 heteroatoms. The normalized spacial score (nSPS) is 12.2. The van der Waals surface area contributed by atoms with E-state index in [4.69, 9.17) is 0 Å². The second-order valence-corrected chi connectivity index (χ2v) is 19.0. The van der Waals surface area contributed by atoms with Crippen LogP contribution in [0.3, 0.4) is 0 Å². The van der Waals surface area contributed by atoms with Crippen molar-refractivity contribution < 1.29 is 0 Å². The van der Waals surface area contributed by atoms with Gasteiger partial charge in [-0.05, 0) is 140 Å². The third kappa shape index (κ3) is 6.60. The summed E-state index contributed by atoms with van der Waals surface area (Å²) in [6, 6.07) is 93.2. The van der Waals surface area contributed by atoms with E-state index in [2.05, 4.69) is 288 Å². The Morgan fingerprint density at radius 2 is 0.597 bits per heavy atom. The van der Waals surface area contributed by atoms with E-state index >= 15 is 0 Å². The van der Waals surface area contributed by atoms with Crippen LogP contribution in [-0.4, -0.2) is 14.1 Å². The van der Waals surface area contributed by atoms with Gasteiger partial charge in [0.1, 0.15) is 0 Å². The third-order valence-corrected chi connectivity index (χ3v) is 15.1. The van der Waals surface area contributed by atoms with Crippen LogP contribution in [0.2, 0.25) is 0 Å². The Hall–Kier alpha value is -9.38. The summed E-state index contributed by atoms with van der Waals surface area (Å²) in [7, 11) is 4.45. The van der Waals surface area contributed by atoms with Crippen LogP contribution >= 0.6 is 0 Å². The monoisotopic (exact) mass is 920 g/mol. The van der Waals surface area contributed by atoms with Gasteiger partial charge in [0, 0.05) is 81.5 Å². The van der Waals surface area contributed by atoms with Gasteiger partial charge in [0.2, 0.25) is 0 Å². The number of hydrogen-bond donors (Lipinski definition) is 0. The van der Waals surface area contributed by atoms with Gasteiger partial charge in [0.05, 0.1) is 11.4 Å². The molecule has 0 radical (unpaired) electrons. The van der Waals surface area contributed by atoms with Gasteiger partial charge in [-0.25, -0.2) is 0 Å². The molecule has 0 bridgehead atoms. The van der Waals surface area contributed by atoms with Gasteiger partial charge in [-0.1, -0.05) is 170 Å². The van der Waals surface area contributed by atoms with Crippen molar-refractivity contribution in [3.8, 4) is 44.5 Å². The van der Waals surface area contributed by atoms with Gasteiger partial charge < -0.3 is 19.6 Å². The quantitative estimate of drug-likeness (QED) is 0.151. The Bertz CT molecular complexity index is 3790. The highest BCUT2D eigenvalue weighted by molar-refractivity contribution is 6.23. The summed E-state index contributed by atoms with van der Waals surface area (Å²) in [5.74, 6) is 0. The Balaban J connectivity index is 0.834. The van der Waals surface area contributed by atoms with Crippen LogP contribution in [0.1, 0.15) is 0 Å². The van der Waals surface area contributed by atoms with Gasteiger partial charge in [-0.3, -0.25) is 0 Å². The summed E-state index contributed by atoms with van der Waals surface area (Å²) in [5.41, 5.74) is 21.3. The molecule has 0 fully saturated rings. The number of anilines is 10. The second-order valence-electron chi connectivity index (χ2n) is 19.0. The third-order valence-electron chi connectivity index (χ3n) is 15.1. The summed E-state index contributed by atoms with van der Waals surface area (Å²) in [4.78, 5) is 9.53. The van der Waals surface area contributed by atoms with Crippen LogP contribution in [0.25, 0.3) is 76.8 Å². The first-order chi connectivity index (χ1) is 35.6. The fraction of sp³-hybridized carbons (Fsp3) is 0.0294. The molecule has 0 unspecified atom stereocenters. The first-order valence-electron chi connectivity index (χ1n) is 24.8. The first kappa shape index (κ1) is 41.6. The molecule has 0 aromatic heterocycles. The molecule has 340 valence electrons. The van der Waals surface area contributed by atoms with E-state index in [1.807, 2.05) is 0 Å². The van der Waals surface area contributed by atoms with Gasteiger partial charge in [-0.2, -0.15) is 0 Å². The van der Waals surface area contributed by atoms with E-state index < -0.39 is 0 Å². The summed E-state index contributed by atoms with van der Waals surface area (Å²) < 4.78 is 0. The summed E-state index contributed by atoms with van der Waals surface area (Å²) in [6.45, 7) is 0. The van der Waals surface area contributed by atoms with Gasteiger partial charge >= 0.3 is 0 Å². The molecule has 72 heavy (non-hydrogen) atoms. The minimum atomic E-state index is 1.11. The lowest BCUT2D eigenvalue weighted by molar-refractivity contribution is 1.18. The van der Waals surface area contributed by atoms with Gasteiger partial charge in [-0.15, -0.1) is 0 Å². The fourth-order valence-electron chi connectivity index (χ4n) is 11.6. The molecule has 0 N–H and O–H groups in total. The minimum Gasteiger partial charge on any atom is -0.344 e. The molecule has 14 rings (SSSR count). The van der Waals surface area contributed by atoms with E-state index in [1.54, 1.807) is 0 Å². The second kappa shape index (κ2) is 16.6. The zero-order chi connectivity index (χ0) is 47.9. The molecule has 12 aromatic rings. The van der Waals surface area contributed by atoms with Gasteiger partial charge in [0.25, 0.3) is 0 Å². The van der Waals surface area contributed by atoms with Crippen molar-refractivity contribution in [2.75, 3.05) is 33.7 Å². The number of benzene rings is 12. The van der Waals surface area contributed by atoms with Gasteiger partial charge in [0.15, 0.2) is 0 Å². The predicted octanol–water partition coefficient (Wildman–Crippen LogP) is 18.9. The topological polar surface area (TPSA) is 13.0 Å². The van der Waals surface area contributed by atoms with Crippen LogP contribution < -0.4 is 19.6 Å². The lowest BCUT2D eigenvalue weighted by Crippen LogP contribution is -2.20. The lowest BCUT2D eigenvalue weighted by Gasteiger charge is -2.37. The van der Waals surface area contributed by atoms with Crippen LogP contribution in [-0.2, 0) is 0 Å². The molecule has 0 saturated heterocycles. The zero-order valence-electron chi connectivity index (χ0n) is 40.0. The summed E-state index contributed by atoms with van der Waals surface area (Å²) in [6.07, 6.45) is 0. The van der Waals surface area contributed by atoms with Crippen LogP contribution in [0.5, 0.6) is 0 Å². The van der Waals surface area contributed by atoms with Crippen molar-refractivity contribution in [1.82, 2.24) is 0 Å². The Morgan fingerprint density at radius 1 is 0.250 bits per heavy atom. The number of hydrogen-bond acceptors (Lipinski definition) is 4. The number of nitrogens with zero attached hydrogens (tertiary/aromatic N) is 4. The maximum atomic E-state index is 2.39. The molecule has 12 aromatic carbocycles. The Labute approximate surface area is 420 Å². The lowest BCUT2D eigenvalue weighted by atomic mass is 9.84. The molecule has 4 nitrogen and oxygen atoms in total. The van der Waals surface area contributed by atoms with Crippen molar-refractivity contribution in [1.29, 1.82) is 0 Å². The van der Waals surface area contributed by atoms with Crippen molar-refractivity contribution in [3.05, 3.63) is 255 Å². The molecule has 0 atom stereocenters. The average molecular weight is 921 g/mol. The highest BCUT2D eigenvalue weighted by Crippen LogP contribution is 2.57. The highest BCUT2D eigenvalue weighted by Gasteiger charge is 2.31. The van der Waals surface area contributed by atoms with Crippen LogP contribution in [0.15, 0.2) is 255 Å². The molecular weight excluding hydrogens is 873 g/mol. The maximum Gasteiger partial charge on any atom is 0.0509 e. The molecule has 0 aliphatic carbocycles. The first-order valence-corrected chi connectivity index (χ1v) is 24.8. The number of para-hydroxylation sites is 2. The van der Waals surface area contributed by atoms with Crippen LogP contribution in [0.4, 0.5) is 56.9 Å². The number of rotatable bonds is 8. The zero-order valence-corrected chi connectivity index (χ0v) is 40.0. The fourth-order valence-corrected chi connectivity index (χ4v) is 11.6. The van der Waals surface area contributed by atoms with Crippen molar-refractivity contribution >= 4 is 89.2 Å². The van der Waals surface area contributed by atoms with Crippen LogP contribution in [0, 0.1) is 0 Å². The van der Waals surface area contributed by atoms with E-state index in [-0.39, 0.29) is 0 Å². The molecule has 0 saturated carbocycles. The van der Waals surface area contributed by atoms with E-state index in [9.17, 15) is 0 Å². The largest absolute Gasteiger partial charge is 0.344 e. The molecule has 2 aliphatic heterocycles. The van der Waals surface area contributed by atoms with Crippen molar-refractivity contribution in [2.45, 2.75) is 0 Å². The Morgan fingerprint density at radius 3 is 1.03 bits per heavy atom. The molecule has 0 amide bonds. The maximum absolute atomic E-state index is 2.39. The molecule has 0 spiro atoms. The average Bonchev–Trinajstić information content (AvgIpc) is 3.45. The standard InChI is InChI=1S/C68H48N4/c1-69-63-41-42-64-68-62(60-38-36-54(44-66(60)70(64)2)72(50-21-7-4-8-22-50)52-33-29-48(30-34-52)58-26-14-18-46-16-10-12-24-56(46)58)40-39-61(67(63)68)59-37-35-53(43-65(59)69)71(49-19-5-3-6-20-49)51-31-27-47(28-32-51)57-25-13-17-45-15-9-11-23-55(45)57/h3-44H,1-2H3. The SMILES string of the molecule is CN1c2cc(N(c3ccccc3)c3ccc(-c4cccc5ccccc45)cc3)ccc2-c2ccc3c4c(ccc1c24)N(C)c1cc(N(c2ccccc2)c2ccc(-c4cccc5ccccc45)cc2)ccc1-3.